The Morgan fingerprint density at radius 3 is 2.45 bits per heavy atom. The SMILES string of the molecule is CC(C)[C@@H](C)NC(=O)COC(=O)c1ccccc1-c1ncc(-c2ccccc2)o1. The number of amides is 1. The minimum atomic E-state index is -0.604. The zero-order chi connectivity index (χ0) is 20.8. The van der Waals surface area contributed by atoms with Crippen molar-refractivity contribution in [2.24, 2.45) is 5.92 Å². The van der Waals surface area contributed by atoms with E-state index in [0.29, 0.717) is 28.7 Å². The Morgan fingerprint density at radius 1 is 1.03 bits per heavy atom. The van der Waals surface area contributed by atoms with Crippen LogP contribution in [0.2, 0.25) is 0 Å². The van der Waals surface area contributed by atoms with E-state index in [1.807, 2.05) is 51.1 Å². The summed E-state index contributed by atoms with van der Waals surface area (Å²) in [6, 6.07) is 16.4. The van der Waals surface area contributed by atoms with Gasteiger partial charge >= 0.3 is 5.97 Å². The number of oxazole rings is 1. The highest BCUT2D eigenvalue weighted by Crippen LogP contribution is 2.28. The van der Waals surface area contributed by atoms with Gasteiger partial charge in [-0.1, -0.05) is 56.3 Å². The highest BCUT2D eigenvalue weighted by molar-refractivity contribution is 5.97. The topological polar surface area (TPSA) is 81.4 Å². The summed E-state index contributed by atoms with van der Waals surface area (Å²) in [6.07, 6.45) is 1.62. The predicted molar refractivity (Wildman–Crippen MR) is 110 cm³/mol. The van der Waals surface area contributed by atoms with Crippen molar-refractivity contribution in [3.05, 3.63) is 66.4 Å². The number of aromatic nitrogens is 1. The second kappa shape index (κ2) is 9.19. The van der Waals surface area contributed by atoms with Crippen LogP contribution in [0.3, 0.4) is 0 Å². The van der Waals surface area contributed by atoms with E-state index >= 15 is 0 Å². The second-order valence-electron chi connectivity index (χ2n) is 7.12. The molecule has 0 radical (unpaired) electrons. The van der Waals surface area contributed by atoms with E-state index in [4.69, 9.17) is 9.15 Å². The molecule has 0 bridgehead atoms. The number of benzene rings is 2. The first-order chi connectivity index (χ1) is 14.0. The van der Waals surface area contributed by atoms with Crippen molar-refractivity contribution in [3.63, 3.8) is 0 Å². The minimum absolute atomic E-state index is 0.00258. The highest BCUT2D eigenvalue weighted by Gasteiger charge is 2.19. The molecule has 1 aromatic heterocycles. The van der Waals surface area contributed by atoms with Gasteiger partial charge in [-0.3, -0.25) is 4.79 Å². The first-order valence-electron chi connectivity index (χ1n) is 9.53. The number of nitrogens with one attached hydrogen (secondary N) is 1. The van der Waals surface area contributed by atoms with Crippen molar-refractivity contribution in [1.29, 1.82) is 0 Å². The number of carbonyl (C=O) groups excluding carboxylic acids is 2. The van der Waals surface area contributed by atoms with Gasteiger partial charge in [0.15, 0.2) is 12.4 Å². The molecule has 1 N–H and O–H groups in total. The molecule has 1 heterocycles. The molecule has 0 fully saturated rings. The Bertz CT molecular complexity index is 979. The Labute approximate surface area is 169 Å². The predicted octanol–water partition coefficient (Wildman–Crippen LogP) is 4.33. The van der Waals surface area contributed by atoms with Gasteiger partial charge in [-0.2, -0.15) is 0 Å². The van der Waals surface area contributed by atoms with Crippen LogP contribution in [0.5, 0.6) is 0 Å². The number of nitrogens with zero attached hydrogens (tertiary/aromatic N) is 1. The third-order valence-electron chi connectivity index (χ3n) is 4.66. The molecule has 0 aliphatic rings. The van der Waals surface area contributed by atoms with Gasteiger partial charge < -0.3 is 14.5 Å². The molecular formula is C23H24N2O4. The molecule has 0 spiro atoms. The van der Waals surface area contributed by atoms with Gasteiger partial charge in [0.1, 0.15) is 0 Å². The van der Waals surface area contributed by atoms with Crippen LogP contribution in [0.25, 0.3) is 22.8 Å². The fourth-order valence-electron chi connectivity index (χ4n) is 2.65. The summed E-state index contributed by atoms with van der Waals surface area (Å²) >= 11 is 0. The normalized spacial score (nSPS) is 11.9. The maximum Gasteiger partial charge on any atom is 0.339 e. The summed E-state index contributed by atoms with van der Waals surface area (Å²) in [6.45, 7) is 5.58. The van der Waals surface area contributed by atoms with Crippen LogP contribution in [0.4, 0.5) is 0 Å². The standard InChI is InChI=1S/C23H24N2O4/c1-15(2)16(3)25-21(26)14-28-23(27)19-12-8-7-11-18(19)22-24-13-20(29-22)17-9-5-4-6-10-17/h4-13,15-16H,14H2,1-3H3,(H,25,26)/t16-/m1/s1. The molecule has 0 saturated carbocycles. The van der Waals surface area contributed by atoms with Crippen LogP contribution in [0.15, 0.2) is 65.2 Å². The van der Waals surface area contributed by atoms with Crippen molar-refractivity contribution in [1.82, 2.24) is 10.3 Å². The second-order valence-corrected chi connectivity index (χ2v) is 7.12. The van der Waals surface area contributed by atoms with Crippen molar-refractivity contribution in [2.45, 2.75) is 26.8 Å². The van der Waals surface area contributed by atoms with Crippen LogP contribution in [-0.2, 0) is 9.53 Å². The first-order valence-corrected chi connectivity index (χ1v) is 9.53. The van der Waals surface area contributed by atoms with Gasteiger partial charge in [0.25, 0.3) is 5.91 Å². The number of hydrogen-bond donors (Lipinski definition) is 1. The zero-order valence-corrected chi connectivity index (χ0v) is 16.7. The number of rotatable bonds is 7. The van der Waals surface area contributed by atoms with Gasteiger partial charge in [0.2, 0.25) is 5.89 Å². The summed E-state index contributed by atoms with van der Waals surface area (Å²) < 4.78 is 11.1. The maximum absolute atomic E-state index is 12.6. The van der Waals surface area contributed by atoms with Crippen molar-refractivity contribution in [3.8, 4) is 22.8 Å². The third kappa shape index (κ3) is 5.10. The van der Waals surface area contributed by atoms with Gasteiger partial charge in [-0.25, -0.2) is 9.78 Å². The van der Waals surface area contributed by atoms with Crippen LogP contribution in [0, 0.1) is 5.92 Å². The number of ether oxygens (including phenoxy) is 1. The van der Waals surface area contributed by atoms with Gasteiger partial charge in [0, 0.05) is 11.6 Å². The Kier molecular flexibility index (Phi) is 6.44. The van der Waals surface area contributed by atoms with Crippen molar-refractivity contribution < 1.29 is 18.7 Å². The van der Waals surface area contributed by atoms with E-state index in [0.717, 1.165) is 5.56 Å². The van der Waals surface area contributed by atoms with Gasteiger partial charge in [0.05, 0.1) is 17.3 Å². The lowest BCUT2D eigenvalue weighted by atomic mass is 10.1. The van der Waals surface area contributed by atoms with E-state index < -0.39 is 5.97 Å². The lowest BCUT2D eigenvalue weighted by Gasteiger charge is -2.17. The molecule has 6 nitrogen and oxygen atoms in total. The summed E-state index contributed by atoms with van der Waals surface area (Å²) in [5, 5.41) is 2.81. The van der Waals surface area contributed by atoms with E-state index in [2.05, 4.69) is 10.3 Å². The largest absolute Gasteiger partial charge is 0.452 e. The van der Waals surface area contributed by atoms with Crippen molar-refractivity contribution >= 4 is 11.9 Å². The van der Waals surface area contributed by atoms with E-state index in [9.17, 15) is 9.59 Å². The van der Waals surface area contributed by atoms with Crippen LogP contribution in [0.1, 0.15) is 31.1 Å². The Balaban J connectivity index is 1.73. The molecule has 150 valence electrons. The fraction of sp³-hybridized carbons (Fsp3) is 0.261. The van der Waals surface area contributed by atoms with E-state index in [1.54, 1.807) is 30.5 Å². The number of hydrogen-bond acceptors (Lipinski definition) is 5. The monoisotopic (exact) mass is 392 g/mol. The van der Waals surface area contributed by atoms with E-state index in [-0.39, 0.29) is 18.6 Å². The molecule has 0 saturated heterocycles. The van der Waals surface area contributed by atoms with Crippen LogP contribution in [-0.4, -0.2) is 29.5 Å². The molecule has 2 aromatic carbocycles. The lowest BCUT2D eigenvalue weighted by Crippen LogP contribution is -2.38. The molecule has 1 atom stereocenters. The summed E-state index contributed by atoms with van der Waals surface area (Å²) in [4.78, 5) is 28.9. The molecule has 1 amide bonds. The average molecular weight is 392 g/mol. The Hall–Kier alpha value is -3.41. The molecule has 0 aliphatic heterocycles. The van der Waals surface area contributed by atoms with Gasteiger partial charge in [-0.05, 0) is 25.0 Å². The van der Waals surface area contributed by atoms with Gasteiger partial charge in [-0.15, -0.1) is 0 Å². The molecule has 0 aliphatic carbocycles. The van der Waals surface area contributed by atoms with E-state index in [1.165, 1.54) is 0 Å². The number of carbonyl (C=O) groups is 2. The fourth-order valence-corrected chi connectivity index (χ4v) is 2.65. The maximum atomic E-state index is 12.6. The molecule has 3 aromatic rings. The first kappa shape index (κ1) is 20.3. The summed E-state index contributed by atoms with van der Waals surface area (Å²) in [5.41, 5.74) is 1.69. The molecule has 0 unspecified atom stereocenters. The highest BCUT2D eigenvalue weighted by atomic mass is 16.5. The third-order valence-corrected chi connectivity index (χ3v) is 4.66. The number of esters is 1. The summed E-state index contributed by atoms with van der Waals surface area (Å²) in [7, 11) is 0. The Morgan fingerprint density at radius 2 is 1.72 bits per heavy atom. The summed E-state index contributed by atoms with van der Waals surface area (Å²) in [5.74, 6) is 0.270. The van der Waals surface area contributed by atoms with Crippen molar-refractivity contribution in [2.75, 3.05) is 6.61 Å². The average Bonchev–Trinajstić information content (AvgIpc) is 3.22. The van der Waals surface area contributed by atoms with Crippen LogP contribution < -0.4 is 5.32 Å². The van der Waals surface area contributed by atoms with Crippen LogP contribution >= 0.6 is 0 Å². The smallest absolute Gasteiger partial charge is 0.339 e. The lowest BCUT2D eigenvalue weighted by molar-refractivity contribution is -0.125. The molecule has 6 heteroatoms. The molecule has 3 rings (SSSR count). The minimum Gasteiger partial charge on any atom is -0.452 e. The zero-order valence-electron chi connectivity index (χ0n) is 16.7. The molecule has 29 heavy (non-hydrogen) atoms. The molecular weight excluding hydrogens is 368 g/mol. The quantitative estimate of drug-likeness (QED) is 0.606.